The number of benzene rings is 1. The summed E-state index contributed by atoms with van der Waals surface area (Å²) in [6.07, 6.45) is 0. The number of Topliss-reactive ketones (excluding diaryl/α,β-unsaturated/α-hetero) is 1. The molecule has 0 atom stereocenters. The summed E-state index contributed by atoms with van der Waals surface area (Å²) in [6, 6.07) is 7.97. The van der Waals surface area contributed by atoms with Gasteiger partial charge in [0, 0.05) is 5.56 Å². The monoisotopic (exact) mass is 257 g/mol. The van der Waals surface area contributed by atoms with E-state index in [1.165, 1.54) is 5.56 Å². The highest BCUT2D eigenvalue weighted by Crippen LogP contribution is 2.33. The van der Waals surface area contributed by atoms with E-state index in [-0.39, 0.29) is 24.4 Å². The predicted octanol–water partition coefficient (Wildman–Crippen LogP) is 3.02. The van der Waals surface area contributed by atoms with Gasteiger partial charge in [0.25, 0.3) is 0 Å². The molecular weight excluding hydrogens is 238 g/mol. The van der Waals surface area contributed by atoms with E-state index < -0.39 is 5.41 Å². The van der Waals surface area contributed by atoms with E-state index in [9.17, 15) is 10.1 Å². The number of carbonyl (C=O) groups excluding carboxylic acids is 1. The highest BCUT2D eigenvalue weighted by atomic mass is 16.5. The van der Waals surface area contributed by atoms with E-state index in [2.05, 4.69) is 26.8 Å². The molecule has 0 saturated carbocycles. The average Bonchev–Trinajstić information content (AvgIpc) is 2.26. The van der Waals surface area contributed by atoms with Crippen LogP contribution in [0.4, 0.5) is 0 Å². The Hall–Kier alpha value is -1.66. The summed E-state index contributed by atoms with van der Waals surface area (Å²) in [4.78, 5) is 12.5. The molecule has 0 aliphatic carbocycles. The lowest BCUT2D eigenvalue weighted by Crippen LogP contribution is -2.48. The highest BCUT2D eigenvalue weighted by Gasteiger charge is 2.47. The number of rotatable bonds is 2. The Labute approximate surface area is 114 Å². The average molecular weight is 257 g/mol. The molecule has 1 aromatic carbocycles. The van der Waals surface area contributed by atoms with E-state index in [0.717, 1.165) is 5.56 Å². The predicted molar refractivity (Wildman–Crippen MR) is 73.1 cm³/mol. The minimum absolute atomic E-state index is 0.0544. The minimum atomic E-state index is -0.964. The molecule has 0 spiro atoms. The maximum absolute atomic E-state index is 12.5. The third kappa shape index (κ3) is 2.29. The Morgan fingerprint density at radius 3 is 2.37 bits per heavy atom. The number of nitrogens with zero attached hydrogens (tertiary/aromatic N) is 1. The summed E-state index contributed by atoms with van der Waals surface area (Å²) < 4.78 is 5.05. The van der Waals surface area contributed by atoms with Crippen LogP contribution in [0.3, 0.4) is 0 Å². The first-order valence-electron chi connectivity index (χ1n) is 6.45. The van der Waals surface area contributed by atoms with E-state index in [1.807, 2.05) is 25.1 Å². The first-order valence-corrected chi connectivity index (χ1v) is 6.45. The lowest BCUT2D eigenvalue weighted by atomic mass is 9.77. The largest absolute Gasteiger partial charge is 0.377 e. The van der Waals surface area contributed by atoms with Crippen LogP contribution in [0.15, 0.2) is 18.2 Å². The molecule has 0 N–H and O–H groups in total. The molecule has 1 aromatic rings. The van der Waals surface area contributed by atoms with E-state index >= 15 is 0 Å². The second-order valence-corrected chi connectivity index (χ2v) is 6.30. The number of ketones is 1. The van der Waals surface area contributed by atoms with Gasteiger partial charge < -0.3 is 4.74 Å². The van der Waals surface area contributed by atoms with Gasteiger partial charge in [-0.25, -0.2) is 0 Å². The van der Waals surface area contributed by atoms with Crippen molar-refractivity contribution in [3.63, 3.8) is 0 Å². The molecule has 3 heteroatoms. The fraction of sp³-hybridized carbons (Fsp3) is 0.500. The van der Waals surface area contributed by atoms with Crippen molar-refractivity contribution in [1.29, 1.82) is 5.26 Å². The molecule has 1 fully saturated rings. The number of nitriles is 1. The number of hydrogen-bond donors (Lipinski definition) is 0. The SMILES string of the molecule is Cc1cc(C(C)(C)C)ccc1C(=O)C1(C#N)COC1. The van der Waals surface area contributed by atoms with Gasteiger partial charge in [0.05, 0.1) is 19.3 Å². The summed E-state index contributed by atoms with van der Waals surface area (Å²) in [6.45, 7) is 8.76. The van der Waals surface area contributed by atoms with Crippen LogP contribution in [0.5, 0.6) is 0 Å². The number of carbonyl (C=O) groups is 1. The van der Waals surface area contributed by atoms with Crippen LogP contribution in [0.25, 0.3) is 0 Å². The van der Waals surface area contributed by atoms with Crippen LogP contribution >= 0.6 is 0 Å². The minimum Gasteiger partial charge on any atom is -0.377 e. The van der Waals surface area contributed by atoms with Gasteiger partial charge in [-0.15, -0.1) is 0 Å². The molecule has 0 amide bonds. The fourth-order valence-corrected chi connectivity index (χ4v) is 2.20. The third-order valence-corrected chi connectivity index (χ3v) is 3.68. The van der Waals surface area contributed by atoms with Crippen molar-refractivity contribution in [2.75, 3.05) is 13.2 Å². The van der Waals surface area contributed by atoms with Gasteiger partial charge in [0.2, 0.25) is 0 Å². The molecule has 0 bridgehead atoms. The highest BCUT2D eigenvalue weighted by molar-refractivity contribution is 6.04. The van der Waals surface area contributed by atoms with Gasteiger partial charge in [-0.3, -0.25) is 4.79 Å². The topological polar surface area (TPSA) is 50.1 Å². The molecule has 1 aliphatic rings. The van der Waals surface area contributed by atoms with Crippen molar-refractivity contribution in [2.45, 2.75) is 33.1 Å². The van der Waals surface area contributed by atoms with Gasteiger partial charge in [-0.1, -0.05) is 39.0 Å². The molecule has 0 radical (unpaired) electrons. The molecule has 1 heterocycles. The van der Waals surface area contributed by atoms with Crippen LogP contribution in [0.2, 0.25) is 0 Å². The smallest absolute Gasteiger partial charge is 0.188 e. The second-order valence-electron chi connectivity index (χ2n) is 6.30. The van der Waals surface area contributed by atoms with E-state index in [1.54, 1.807) is 0 Å². The quantitative estimate of drug-likeness (QED) is 0.765. The molecule has 1 saturated heterocycles. The molecule has 2 rings (SSSR count). The Morgan fingerprint density at radius 2 is 2.00 bits per heavy atom. The van der Waals surface area contributed by atoms with Crippen molar-refractivity contribution in [1.82, 2.24) is 0 Å². The van der Waals surface area contributed by atoms with E-state index in [0.29, 0.717) is 5.56 Å². The van der Waals surface area contributed by atoms with Crippen molar-refractivity contribution >= 4 is 5.78 Å². The lowest BCUT2D eigenvalue weighted by Gasteiger charge is -2.34. The summed E-state index contributed by atoms with van der Waals surface area (Å²) >= 11 is 0. The van der Waals surface area contributed by atoms with Gasteiger partial charge in [-0.2, -0.15) is 5.26 Å². The molecule has 0 aromatic heterocycles. The summed E-state index contributed by atoms with van der Waals surface area (Å²) in [5.74, 6) is -0.112. The van der Waals surface area contributed by atoms with E-state index in [4.69, 9.17) is 4.74 Å². The summed E-state index contributed by atoms with van der Waals surface area (Å²) in [7, 11) is 0. The van der Waals surface area contributed by atoms with Gasteiger partial charge in [0.15, 0.2) is 11.2 Å². The Bertz CT molecular complexity index is 557. The molecule has 3 nitrogen and oxygen atoms in total. The number of aryl methyl sites for hydroxylation is 1. The lowest BCUT2D eigenvalue weighted by molar-refractivity contribution is -0.0566. The molecule has 100 valence electrons. The van der Waals surface area contributed by atoms with Gasteiger partial charge in [0.1, 0.15) is 0 Å². The first-order chi connectivity index (χ1) is 8.80. The Morgan fingerprint density at radius 1 is 1.37 bits per heavy atom. The Balaban J connectivity index is 2.38. The molecule has 0 unspecified atom stereocenters. The third-order valence-electron chi connectivity index (χ3n) is 3.68. The molecule has 1 aliphatic heterocycles. The van der Waals surface area contributed by atoms with Crippen molar-refractivity contribution in [2.24, 2.45) is 5.41 Å². The summed E-state index contributed by atoms with van der Waals surface area (Å²) in [5.41, 5.74) is 1.85. The zero-order valence-corrected chi connectivity index (χ0v) is 11.9. The van der Waals surface area contributed by atoms with Crippen molar-refractivity contribution < 1.29 is 9.53 Å². The zero-order valence-electron chi connectivity index (χ0n) is 11.9. The maximum atomic E-state index is 12.5. The maximum Gasteiger partial charge on any atom is 0.188 e. The van der Waals surface area contributed by atoms with Gasteiger partial charge in [-0.05, 0) is 23.5 Å². The van der Waals surface area contributed by atoms with Crippen LogP contribution in [0, 0.1) is 23.7 Å². The standard InChI is InChI=1S/C16H19NO2/c1-11-7-12(15(2,3)4)5-6-13(11)14(18)16(8-17)9-19-10-16/h5-7H,9-10H2,1-4H3. The molecular formula is C16H19NO2. The van der Waals surface area contributed by atoms with Gasteiger partial charge >= 0.3 is 0 Å². The first kappa shape index (κ1) is 13.8. The fourth-order valence-electron chi connectivity index (χ4n) is 2.20. The molecule has 19 heavy (non-hydrogen) atoms. The van der Waals surface area contributed by atoms with Crippen molar-refractivity contribution in [3.05, 3.63) is 34.9 Å². The van der Waals surface area contributed by atoms with Crippen LogP contribution in [0.1, 0.15) is 42.3 Å². The van der Waals surface area contributed by atoms with Crippen molar-refractivity contribution in [3.8, 4) is 6.07 Å². The normalized spacial score (nSPS) is 17.4. The van der Waals surface area contributed by atoms with Crippen LogP contribution in [-0.2, 0) is 10.2 Å². The van der Waals surface area contributed by atoms with Crippen LogP contribution in [-0.4, -0.2) is 19.0 Å². The second kappa shape index (κ2) is 4.47. The summed E-state index contributed by atoms with van der Waals surface area (Å²) in [5, 5.41) is 9.19. The van der Waals surface area contributed by atoms with Crippen LogP contribution < -0.4 is 0 Å². The zero-order chi connectivity index (χ0) is 14.3. The number of ether oxygens (including phenoxy) is 1. The Kier molecular flexibility index (Phi) is 3.24. The number of hydrogen-bond acceptors (Lipinski definition) is 3.